The van der Waals surface area contributed by atoms with Gasteiger partial charge in [-0.25, -0.2) is 9.59 Å². The van der Waals surface area contributed by atoms with Gasteiger partial charge in [0, 0.05) is 13.1 Å². The Labute approximate surface area is 112 Å². The highest BCUT2D eigenvalue weighted by Crippen LogP contribution is 2.10. The van der Waals surface area contributed by atoms with E-state index in [4.69, 9.17) is 9.52 Å². The largest absolute Gasteiger partial charge is 0.475 e. The lowest BCUT2D eigenvalue weighted by Crippen LogP contribution is -2.44. The van der Waals surface area contributed by atoms with Crippen LogP contribution in [0.2, 0.25) is 0 Å². The molecular formula is C13H20N2O4. The SMILES string of the molecule is CC(C)C(C)N(C)C(=O)NCc1ccc(C(=O)O)o1. The van der Waals surface area contributed by atoms with Crippen molar-refractivity contribution in [2.75, 3.05) is 7.05 Å². The fourth-order valence-electron chi connectivity index (χ4n) is 1.51. The fourth-order valence-corrected chi connectivity index (χ4v) is 1.51. The van der Waals surface area contributed by atoms with Crippen molar-refractivity contribution in [1.29, 1.82) is 0 Å². The summed E-state index contributed by atoms with van der Waals surface area (Å²) in [5.74, 6) is -0.481. The normalized spacial score (nSPS) is 12.3. The Bertz CT molecular complexity index is 453. The Morgan fingerprint density at radius 1 is 1.37 bits per heavy atom. The summed E-state index contributed by atoms with van der Waals surface area (Å²) < 4.78 is 5.05. The second-order valence-electron chi connectivity index (χ2n) is 4.83. The first kappa shape index (κ1) is 15.1. The molecule has 0 spiro atoms. The van der Waals surface area contributed by atoms with Crippen LogP contribution in [-0.4, -0.2) is 35.1 Å². The molecule has 1 rings (SSSR count). The second kappa shape index (κ2) is 6.26. The van der Waals surface area contributed by atoms with Gasteiger partial charge in [0.15, 0.2) is 0 Å². The third-order valence-electron chi connectivity index (χ3n) is 3.18. The Kier molecular flexibility index (Phi) is 4.97. The molecular weight excluding hydrogens is 248 g/mol. The zero-order valence-corrected chi connectivity index (χ0v) is 11.6. The van der Waals surface area contributed by atoms with Gasteiger partial charge in [-0.15, -0.1) is 0 Å². The predicted molar refractivity (Wildman–Crippen MR) is 70.0 cm³/mol. The molecule has 0 fully saturated rings. The number of amides is 2. The van der Waals surface area contributed by atoms with Gasteiger partial charge >= 0.3 is 12.0 Å². The van der Waals surface area contributed by atoms with Gasteiger partial charge in [-0.2, -0.15) is 0 Å². The van der Waals surface area contributed by atoms with Gasteiger partial charge in [-0.1, -0.05) is 13.8 Å². The van der Waals surface area contributed by atoms with Gasteiger partial charge in [0.05, 0.1) is 6.54 Å². The van der Waals surface area contributed by atoms with E-state index in [1.807, 2.05) is 20.8 Å². The minimum absolute atomic E-state index is 0.117. The molecule has 0 aliphatic carbocycles. The molecule has 1 atom stereocenters. The molecule has 1 aromatic heterocycles. The zero-order chi connectivity index (χ0) is 14.6. The van der Waals surface area contributed by atoms with E-state index in [2.05, 4.69) is 5.32 Å². The maximum Gasteiger partial charge on any atom is 0.371 e. The van der Waals surface area contributed by atoms with E-state index in [9.17, 15) is 9.59 Å². The molecule has 106 valence electrons. The number of nitrogens with one attached hydrogen (secondary N) is 1. The van der Waals surface area contributed by atoms with Gasteiger partial charge in [-0.05, 0) is 25.0 Å². The van der Waals surface area contributed by atoms with Crippen LogP contribution in [0.1, 0.15) is 37.1 Å². The second-order valence-corrected chi connectivity index (χ2v) is 4.83. The van der Waals surface area contributed by atoms with Gasteiger partial charge in [-0.3, -0.25) is 0 Å². The molecule has 0 saturated carbocycles. The molecule has 6 nitrogen and oxygen atoms in total. The summed E-state index contributed by atoms with van der Waals surface area (Å²) in [6.45, 7) is 6.22. The number of furan rings is 1. The van der Waals surface area contributed by atoms with Crippen LogP contribution in [0.25, 0.3) is 0 Å². The molecule has 0 aromatic carbocycles. The van der Waals surface area contributed by atoms with E-state index < -0.39 is 5.97 Å². The summed E-state index contributed by atoms with van der Waals surface area (Å²) in [4.78, 5) is 24.1. The molecule has 2 N–H and O–H groups in total. The van der Waals surface area contributed by atoms with Crippen molar-refractivity contribution in [1.82, 2.24) is 10.2 Å². The molecule has 6 heteroatoms. The number of carboxylic acid groups (broad SMARTS) is 1. The van der Waals surface area contributed by atoms with Crippen molar-refractivity contribution in [3.05, 3.63) is 23.7 Å². The van der Waals surface area contributed by atoms with Crippen LogP contribution in [0.5, 0.6) is 0 Å². The topological polar surface area (TPSA) is 82.8 Å². The average Bonchev–Trinajstić information content (AvgIpc) is 2.82. The number of aromatic carboxylic acids is 1. The Hall–Kier alpha value is -1.98. The van der Waals surface area contributed by atoms with E-state index in [-0.39, 0.29) is 24.4 Å². The van der Waals surface area contributed by atoms with E-state index >= 15 is 0 Å². The number of carbonyl (C=O) groups is 2. The van der Waals surface area contributed by atoms with Crippen molar-refractivity contribution in [2.24, 2.45) is 5.92 Å². The molecule has 0 aliphatic heterocycles. The Balaban J connectivity index is 2.51. The van der Waals surface area contributed by atoms with Gasteiger partial charge in [0.25, 0.3) is 0 Å². The average molecular weight is 268 g/mol. The van der Waals surface area contributed by atoms with Crippen LogP contribution in [0.4, 0.5) is 4.79 Å². The van der Waals surface area contributed by atoms with Crippen LogP contribution in [0.3, 0.4) is 0 Å². The monoisotopic (exact) mass is 268 g/mol. The van der Waals surface area contributed by atoms with E-state index in [1.165, 1.54) is 12.1 Å². The van der Waals surface area contributed by atoms with Crippen LogP contribution in [0.15, 0.2) is 16.5 Å². The molecule has 1 aromatic rings. The predicted octanol–water partition coefficient (Wildman–Crippen LogP) is 2.16. The molecule has 19 heavy (non-hydrogen) atoms. The minimum Gasteiger partial charge on any atom is -0.475 e. The Morgan fingerprint density at radius 2 is 2.00 bits per heavy atom. The number of hydrogen-bond acceptors (Lipinski definition) is 3. The first-order valence-electron chi connectivity index (χ1n) is 6.15. The van der Waals surface area contributed by atoms with E-state index in [1.54, 1.807) is 11.9 Å². The Morgan fingerprint density at radius 3 is 2.47 bits per heavy atom. The number of urea groups is 1. The highest BCUT2D eigenvalue weighted by atomic mass is 16.4. The number of hydrogen-bond donors (Lipinski definition) is 2. The first-order chi connectivity index (χ1) is 8.82. The van der Waals surface area contributed by atoms with Crippen LogP contribution in [-0.2, 0) is 6.54 Å². The van der Waals surface area contributed by atoms with Crippen molar-refractivity contribution in [3.8, 4) is 0 Å². The summed E-state index contributed by atoms with van der Waals surface area (Å²) in [6, 6.07) is 2.81. The van der Waals surface area contributed by atoms with Gasteiger partial charge in [0.1, 0.15) is 5.76 Å². The highest BCUT2D eigenvalue weighted by molar-refractivity contribution is 5.84. The molecule has 2 amide bonds. The molecule has 0 radical (unpaired) electrons. The quantitative estimate of drug-likeness (QED) is 0.857. The van der Waals surface area contributed by atoms with Crippen LogP contribution < -0.4 is 5.32 Å². The molecule has 0 aliphatic rings. The summed E-state index contributed by atoms with van der Waals surface area (Å²) in [7, 11) is 1.73. The van der Waals surface area contributed by atoms with Gasteiger partial charge in [0.2, 0.25) is 5.76 Å². The lowest BCUT2D eigenvalue weighted by molar-refractivity contribution is 0.0660. The highest BCUT2D eigenvalue weighted by Gasteiger charge is 2.18. The van der Waals surface area contributed by atoms with Crippen LogP contribution >= 0.6 is 0 Å². The molecule has 0 saturated heterocycles. The van der Waals surface area contributed by atoms with Crippen molar-refractivity contribution >= 4 is 12.0 Å². The molecule has 0 bridgehead atoms. The summed E-state index contributed by atoms with van der Waals surface area (Å²) in [5.41, 5.74) is 0. The zero-order valence-electron chi connectivity index (χ0n) is 11.6. The number of nitrogens with zero attached hydrogens (tertiary/aromatic N) is 1. The third-order valence-corrected chi connectivity index (χ3v) is 3.18. The van der Waals surface area contributed by atoms with E-state index in [0.717, 1.165) is 0 Å². The number of carbonyl (C=O) groups excluding carboxylic acids is 1. The fraction of sp³-hybridized carbons (Fsp3) is 0.538. The summed E-state index contributed by atoms with van der Waals surface area (Å²) in [6.07, 6.45) is 0. The summed E-state index contributed by atoms with van der Waals surface area (Å²) in [5, 5.41) is 11.4. The van der Waals surface area contributed by atoms with Gasteiger partial charge < -0.3 is 19.7 Å². The standard InChI is InChI=1S/C13H20N2O4/c1-8(2)9(3)15(4)13(18)14-7-10-5-6-11(19-10)12(16)17/h5-6,8-9H,7H2,1-4H3,(H,14,18)(H,16,17). The number of rotatable bonds is 5. The first-order valence-corrected chi connectivity index (χ1v) is 6.15. The minimum atomic E-state index is -1.12. The lowest BCUT2D eigenvalue weighted by Gasteiger charge is -2.27. The van der Waals surface area contributed by atoms with Crippen molar-refractivity contribution in [3.63, 3.8) is 0 Å². The summed E-state index contributed by atoms with van der Waals surface area (Å²) >= 11 is 0. The van der Waals surface area contributed by atoms with Crippen LogP contribution in [0, 0.1) is 5.92 Å². The molecule has 1 unspecified atom stereocenters. The molecule has 1 heterocycles. The lowest BCUT2D eigenvalue weighted by atomic mass is 10.1. The maximum atomic E-state index is 11.9. The third kappa shape index (κ3) is 4.01. The number of carboxylic acids is 1. The van der Waals surface area contributed by atoms with Crippen molar-refractivity contribution < 1.29 is 19.1 Å². The van der Waals surface area contributed by atoms with Crippen molar-refractivity contribution in [2.45, 2.75) is 33.4 Å². The maximum absolute atomic E-state index is 11.9. The van der Waals surface area contributed by atoms with E-state index in [0.29, 0.717) is 11.7 Å². The smallest absolute Gasteiger partial charge is 0.371 e.